The van der Waals surface area contributed by atoms with Crippen molar-refractivity contribution >= 4 is 35.0 Å². The van der Waals surface area contributed by atoms with Crippen molar-refractivity contribution in [2.45, 2.75) is 51.2 Å². The van der Waals surface area contributed by atoms with E-state index < -0.39 is 23.2 Å². The van der Waals surface area contributed by atoms with Gasteiger partial charge in [-0.15, -0.1) is 0 Å². The first-order chi connectivity index (χ1) is 16.1. The Bertz CT molecular complexity index is 1050. The van der Waals surface area contributed by atoms with Gasteiger partial charge >= 0.3 is 0 Å². The van der Waals surface area contributed by atoms with Crippen LogP contribution in [0.2, 0.25) is 5.02 Å². The molecule has 0 radical (unpaired) electrons. The molecule has 34 heavy (non-hydrogen) atoms. The van der Waals surface area contributed by atoms with Gasteiger partial charge in [-0.05, 0) is 57.7 Å². The minimum absolute atomic E-state index is 0.0125. The van der Waals surface area contributed by atoms with Gasteiger partial charge in [-0.2, -0.15) is 0 Å². The molecule has 1 aromatic heterocycles. The molecule has 11 heteroatoms. The zero-order valence-corrected chi connectivity index (χ0v) is 20.1. The molecule has 1 heterocycles. The van der Waals surface area contributed by atoms with Gasteiger partial charge in [-0.25, -0.2) is 9.37 Å². The summed E-state index contributed by atoms with van der Waals surface area (Å²) in [6.45, 7) is 3.93. The smallest absolute Gasteiger partial charge is 0.272 e. The Hall–Kier alpha value is -2.98. The molecule has 0 atom stereocenters. The van der Waals surface area contributed by atoms with E-state index in [1.807, 2.05) is 13.8 Å². The minimum atomic E-state index is -0.551. The number of benzene rings is 1. The van der Waals surface area contributed by atoms with E-state index in [0.29, 0.717) is 31.4 Å². The molecule has 0 spiro atoms. The van der Waals surface area contributed by atoms with Crippen LogP contribution in [0.25, 0.3) is 0 Å². The van der Waals surface area contributed by atoms with E-state index in [0.717, 1.165) is 6.07 Å². The molecule has 1 aromatic carbocycles. The van der Waals surface area contributed by atoms with Crippen molar-refractivity contribution in [1.29, 1.82) is 0 Å². The summed E-state index contributed by atoms with van der Waals surface area (Å²) < 4.78 is 18.5. The summed E-state index contributed by atoms with van der Waals surface area (Å²) in [6, 6.07) is 3.66. The van der Waals surface area contributed by atoms with Crippen LogP contribution in [-0.4, -0.2) is 53.0 Å². The molecular formula is C23H29ClFN5O4. The van der Waals surface area contributed by atoms with E-state index in [9.17, 15) is 18.8 Å². The Labute approximate surface area is 202 Å². The molecule has 3 rings (SSSR count). The number of nitrogens with one attached hydrogen (secondary N) is 4. The number of carbonyl (C=O) groups is 3. The SMILES string of the molecule is COC(C)(C)CNC(=O)c1[nH]cnc1C(=O)NC1CCC(C(=O)Nc2ccc(F)cc2Cl)CC1. The second-order valence-electron chi connectivity index (χ2n) is 8.91. The minimum Gasteiger partial charge on any atom is -0.377 e. The molecule has 1 fully saturated rings. The van der Waals surface area contributed by atoms with Crippen LogP contribution in [0.1, 0.15) is 60.5 Å². The molecule has 0 bridgehead atoms. The predicted octanol–water partition coefficient (Wildman–Crippen LogP) is 3.28. The molecule has 3 amide bonds. The third-order valence-corrected chi connectivity index (χ3v) is 6.24. The van der Waals surface area contributed by atoms with E-state index in [4.69, 9.17) is 16.3 Å². The lowest BCUT2D eigenvalue weighted by Gasteiger charge is -2.28. The maximum Gasteiger partial charge on any atom is 0.272 e. The summed E-state index contributed by atoms with van der Waals surface area (Å²) in [6.07, 6.45) is 3.61. The van der Waals surface area contributed by atoms with Crippen molar-refractivity contribution in [3.8, 4) is 0 Å². The summed E-state index contributed by atoms with van der Waals surface area (Å²) in [5.41, 5.74) is -0.0978. The summed E-state index contributed by atoms with van der Waals surface area (Å²) in [5.74, 6) is -1.82. The molecule has 0 aliphatic heterocycles. The highest BCUT2D eigenvalue weighted by molar-refractivity contribution is 6.33. The maximum absolute atomic E-state index is 13.2. The summed E-state index contributed by atoms with van der Waals surface area (Å²) in [7, 11) is 1.55. The summed E-state index contributed by atoms with van der Waals surface area (Å²) in [4.78, 5) is 44.6. The number of anilines is 1. The molecular weight excluding hydrogens is 465 g/mol. The van der Waals surface area contributed by atoms with Crippen LogP contribution >= 0.6 is 11.6 Å². The van der Waals surface area contributed by atoms with Crippen LogP contribution in [0.15, 0.2) is 24.5 Å². The van der Waals surface area contributed by atoms with Crippen molar-refractivity contribution in [2.24, 2.45) is 5.92 Å². The molecule has 0 unspecified atom stereocenters. The van der Waals surface area contributed by atoms with E-state index in [1.54, 1.807) is 7.11 Å². The number of aromatic nitrogens is 2. The number of amides is 3. The standard InChI is InChI=1S/C23H29ClFN5O4/c1-23(2,34-3)11-26-21(32)18-19(28-12-27-18)22(33)29-15-7-4-13(5-8-15)20(31)30-17-9-6-14(25)10-16(17)24/h6,9-10,12-13,15H,4-5,7-8,11H2,1-3H3,(H,26,32)(H,27,28)(H,29,33)(H,30,31). The largest absolute Gasteiger partial charge is 0.377 e. The van der Waals surface area contributed by atoms with Crippen molar-refractivity contribution < 1.29 is 23.5 Å². The van der Waals surface area contributed by atoms with Crippen LogP contribution in [0.4, 0.5) is 10.1 Å². The van der Waals surface area contributed by atoms with Crippen molar-refractivity contribution in [3.63, 3.8) is 0 Å². The van der Waals surface area contributed by atoms with Crippen LogP contribution in [0.5, 0.6) is 0 Å². The van der Waals surface area contributed by atoms with Crippen LogP contribution in [-0.2, 0) is 9.53 Å². The Morgan fingerprint density at radius 2 is 1.91 bits per heavy atom. The maximum atomic E-state index is 13.2. The second kappa shape index (κ2) is 11.0. The van der Waals surface area contributed by atoms with Gasteiger partial charge < -0.3 is 25.7 Å². The summed E-state index contributed by atoms with van der Waals surface area (Å²) in [5, 5.41) is 8.51. The van der Waals surface area contributed by atoms with Gasteiger partial charge in [-0.3, -0.25) is 14.4 Å². The first-order valence-electron chi connectivity index (χ1n) is 11.0. The van der Waals surface area contributed by atoms with Crippen LogP contribution < -0.4 is 16.0 Å². The number of aromatic amines is 1. The average molecular weight is 494 g/mol. The van der Waals surface area contributed by atoms with Crippen molar-refractivity contribution in [2.75, 3.05) is 19.0 Å². The molecule has 0 saturated heterocycles. The number of ether oxygens (including phenoxy) is 1. The molecule has 4 N–H and O–H groups in total. The van der Waals surface area contributed by atoms with Crippen molar-refractivity contribution in [1.82, 2.24) is 20.6 Å². The summed E-state index contributed by atoms with van der Waals surface area (Å²) >= 11 is 5.98. The van der Waals surface area contributed by atoms with Crippen molar-refractivity contribution in [3.05, 3.63) is 46.8 Å². The number of carbonyl (C=O) groups excluding carboxylic acids is 3. The van der Waals surface area contributed by atoms with E-state index in [1.165, 1.54) is 18.5 Å². The van der Waals surface area contributed by atoms with E-state index in [-0.39, 0.29) is 40.8 Å². The number of imidazole rings is 1. The molecule has 1 aliphatic rings. The number of H-pyrrole nitrogens is 1. The van der Waals surface area contributed by atoms with Gasteiger partial charge in [0.1, 0.15) is 11.5 Å². The molecule has 2 aromatic rings. The highest BCUT2D eigenvalue weighted by Gasteiger charge is 2.29. The Morgan fingerprint density at radius 1 is 1.21 bits per heavy atom. The normalized spacial score (nSPS) is 18.3. The van der Waals surface area contributed by atoms with Gasteiger partial charge in [-0.1, -0.05) is 11.6 Å². The number of hydrogen-bond acceptors (Lipinski definition) is 5. The zero-order chi connectivity index (χ0) is 24.9. The lowest BCUT2D eigenvalue weighted by Crippen LogP contribution is -2.42. The Kier molecular flexibility index (Phi) is 8.27. The lowest BCUT2D eigenvalue weighted by atomic mass is 9.85. The van der Waals surface area contributed by atoms with Crippen LogP contribution in [0.3, 0.4) is 0 Å². The third kappa shape index (κ3) is 6.54. The number of rotatable bonds is 8. The van der Waals surface area contributed by atoms with Gasteiger partial charge in [0.2, 0.25) is 5.91 Å². The fourth-order valence-electron chi connectivity index (χ4n) is 3.67. The van der Waals surface area contributed by atoms with Gasteiger partial charge in [0.15, 0.2) is 5.69 Å². The zero-order valence-electron chi connectivity index (χ0n) is 19.3. The van der Waals surface area contributed by atoms with Crippen LogP contribution in [0, 0.1) is 11.7 Å². The average Bonchev–Trinajstić information content (AvgIpc) is 3.30. The first-order valence-corrected chi connectivity index (χ1v) is 11.4. The Morgan fingerprint density at radius 3 is 2.56 bits per heavy atom. The predicted molar refractivity (Wildman–Crippen MR) is 125 cm³/mol. The highest BCUT2D eigenvalue weighted by atomic mass is 35.5. The fraction of sp³-hybridized carbons (Fsp3) is 0.478. The van der Waals surface area contributed by atoms with Gasteiger partial charge in [0.05, 0.1) is 22.6 Å². The number of halogens is 2. The lowest BCUT2D eigenvalue weighted by molar-refractivity contribution is -0.120. The van der Waals surface area contributed by atoms with E-state index >= 15 is 0 Å². The van der Waals surface area contributed by atoms with E-state index in [2.05, 4.69) is 25.9 Å². The fourth-order valence-corrected chi connectivity index (χ4v) is 3.89. The topological polar surface area (TPSA) is 125 Å². The highest BCUT2D eigenvalue weighted by Crippen LogP contribution is 2.28. The molecule has 1 saturated carbocycles. The Balaban J connectivity index is 1.51. The molecule has 1 aliphatic carbocycles. The van der Waals surface area contributed by atoms with Gasteiger partial charge in [0, 0.05) is 25.6 Å². The monoisotopic (exact) mass is 493 g/mol. The third-order valence-electron chi connectivity index (χ3n) is 5.93. The number of methoxy groups -OCH3 is 1. The quantitative estimate of drug-likeness (QED) is 0.449. The first kappa shape index (κ1) is 25.6. The second-order valence-corrected chi connectivity index (χ2v) is 9.32. The number of hydrogen-bond donors (Lipinski definition) is 4. The van der Waals surface area contributed by atoms with Gasteiger partial charge in [0.25, 0.3) is 11.8 Å². The molecule has 184 valence electrons. The number of nitrogens with zero attached hydrogens (tertiary/aromatic N) is 1. The molecule has 9 nitrogen and oxygen atoms in total.